The van der Waals surface area contributed by atoms with E-state index in [0.29, 0.717) is 13.1 Å². The molecule has 2 N–H and O–H groups in total. The molecule has 4 heterocycles. The topological polar surface area (TPSA) is 120 Å². The number of nitrogens with zero attached hydrogens (tertiary/aromatic N) is 10. The van der Waals surface area contributed by atoms with Crippen molar-refractivity contribution >= 4 is 172 Å². The van der Waals surface area contributed by atoms with E-state index in [9.17, 15) is 0 Å². The summed E-state index contributed by atoms with van der Waals surface area (Å²) in [6, 6.07) is 8.33. The minimum Gasteiger partial charge on any atom is -1.00 e. The smallest absolute Gasteiger partial charge is 0.353 e. The largest absolute Gasteiger partial charge is 1.00 e. The predicted molar refractivity (Wildman–Crippen MR) is 289 cm³/mol. The van der Waals surface area contributed by atoms with Gasteiger partial charge >= 0.3 is 28.6 Å². The number of rotatable bonds is 8. The number of hydrogen-bond donors (Lipinski definition) is 2. The number of hydrogen-bond acceptors (Lipinski definition) is 6. The summed E-state index contributed by atoms with van der Waals surface area (Å²) < 4.78 is 26.6. The van der Waals surface area contributed by atoms with Gasteiger partial charge in [0.05, 0.1) is 25.5 Å². The van der Waals surface area contributed by atoms with E-state index in [2.05, 4.69) is 104 Å². The van der Waals surface area contributed by atoms with Crippen molar-refractivity contribution in [2.24, 2.45) is 9.98 Å². The van der Waals surface area contributed by atoms with Gasteiger partial charge in [0.1, 0.15) is 14.4 Å². The molecule has 0 unspecified atom stereocenters. The van der Waals surface area contributed by atoms with Crippen LogP contribution in [-0.2, 0) is 0 Å². The van der Waals surface area contributed by atoms with E-state index in [-0.39, 0.29) is 71.3 Å². The van der Waals surface area contributed by atoms with E-state index in [1.165, 1.54) is 0 Å². The summed E-state index contributed by atoms with van der Waals surface area (Å²) >= 11 is 48.2. The Morgan fingerprint density at radius 3 is 0.797 bits per heavy atom. The highest BCUT2D eigenvalue weighted by molar-refractivity contribution is 6.63. The first-order chi connectivity index (χ1) is 31.4. The second-order valence-corrected chi connectivity index (χ2v) is 23.7. The van der Waals surface area contributed by atoms with Gasteiger partial charge in [-0.1, -0.05) is 69.6 Å². The van der Waals surface area contributed by atoms with Gasteiger partial charge in [-0.2, -0.15) is 20.4 Å². The molecular weight excluding hydrogens is 1240 g/mol. The lowest BCUT2D eigenvalue weighted by Crippen LogP contribution is -3.00. The fourth-order valence-corrected chi connectivity index (χ4v) is 5.73. The highest BCUT2D eigenvalue weighted by atomic mass is 36.5. The van der Waals surface area contributed by atoms with Crippen LogP contribution in [0.1, 0.15) is 119 Å². The summed E-state index contributed by atoms with van der Waals surface area (Å²) in [5.41, 5.74) is 8.12. The van der Waals surface area contributed by atoms with Crippen molar-refractivity contribution in [1.82, 2.24) is 49.8 Å². The third-order valence-electron chi connectivity index (χ3n) is 7.37. The van der Waals surface area contributed by atoms with E-state index in [4.69, 9.17) is 174 Å². The van der Waals surface area contributed by atoms with Crippen molar-refractivity contribution in [1.29, 1.82) is 0 Å². The molecule has 12 nitrogen and oxygen atoms in total. The quantitative estimate of drug-likeness (QED) is 0.0802. The maximum atomic E-state index is 6.52. The van der Waals surface area contributed by atoms with E-state index in [0.717, 1.165) is 77.3 Å². The van der Waals surface area contributed by atoms with Gasteiger partial charge in [-0.25, -0.2) is 18.7 Å². The number of aliphatic imine (C=N–C) groups is 2. The molecule has 0 aliphatic rings. The van der Waals surface area contributed by atoms with E-state index >= 15 is 0 Å². The number of alkyl halides is 12. The molecule has 4 rings (SSSR count). The molecule has 0 aliphatic heterocycles. The molecule has 29 heteroatoms. The van der Waals surface area contributed by atoms with Gasteiger partial charge in [0, 0.05) is 70.0 Å². The minimum absolute atomic E-state index is 0. The normalized spacial score (nSPS) is 12.9. The van der Waals surface area contributed by atoms with Crippen LogP contribution < -0.4 is 35.4 Å². The van der Waals surface area contributed by atoms with Crippen molar-refractivity contribution in [3.8, 4) is 0 Å². The summed E-state index contributed by atoms with van der Waals surface area (Å²) in [5.74, 6) is 1.75. The van der Waals surface area contributed by atoms with E-state index in [1.54, 1.807) is 0 Å². The molecule has 0 fully saturated rings. The molecule has 4 aromatic rings. The Morgan fingerprint density at radius 2 is 0.696 bits per heavy atom. The minimum atomic E-state index is -1.83. The van der Waals surface area contributed by atoms with Crippen LogP contribution in [0.15, 0.2) is 34.3 Å². The second-order valence-electron chi connectivity index (χ2n) is 15.7. The molecular formula is C40H64Cl16MgN12. The van der Waals surface area contributed by atoms with Crippen molar-refractivity contribution < 1.29 is 50.4 Å². The first kappa shape index (κ1) is 70.2. The van der Waals surface area contributed by atoms with Crippen LogP contribution in [0.5, 0.6) is 0 Å². The molecule has 0 aliphatic carbocycles. The van der Waals surface area contributed by atoms with E-state index < -0.39 is 17.1 Å². The van der Waals surface area contributed by atoms with Crippen molar-refractivity contribution in [3.05, 3.63) is 69.8 Å². The zero-order valence-electron chi connectivity index (χ0n) is 45.1. The number of aromatic nitrogens is 8. The fraction of sp³-hybridized carbons (Fsp3) is 0.650. The average Bonchev–Trinajstić information content (AvgIpc) is 3.86. The maximum absolute atomic E-state index is 6.52. The van der Waals surface area contributed by atoms with Gasteiger partial charge in [0.2, 0.25) is 12.3 Å². The van der Waals surface area contributed by atoms with E-state index in [1.807, 2.05) is 60.3 Å². The van der Waals surface area contributed by atoms with Crippen LogP contribution in [0.4, 0.5) is 0 Å². The molecule has 2 radical (unpaired) electrons. The van der Waals surface area contributed by atoms with Gasteiger partial charge < -0.3 is 35.4 Å². The van der Waals surface area contributed by atoms with Crippen molar-refractivity contribution in [3.63, 3.8) is 0 Å². The Balaban J connectivity index is -0.000000292. The van der Waals surface area contributed by atoms with Gasteiger partial charge in [-0.15, -0.1) is 0 Å². The van der Waals surface area contributed by atoms with Crippen LogP contribution in [0, 0.1) is 75.5 Å². The summed E-state index contributed by atoms with van der Waals surface area (Å²) in [5, 5.41) is 25.9. The maximum Gasteiger partial charge on any atom is 0.353 e. The zero-order chi connectivity index (χ0) is 55.6. The second kappa shape index (κ2) is 40.4. The molecule has 0 spiro atoms. The lowest BCUT2D eigenvalue weighted by molar-refractivity contribution is -0.500. The number of amidine groups is 2. The van der Waals surface area contributed by atoms with Gasteiger partial charge in [0.25, 0.3) is 21.7 Å². The summed E-state index contributed by atoms with van der Waals surface area (Å²) in [7, 11) is 11.7. The number of nitrogens with one attached hydrogen (secondary N) is 2. The fourth-order valence-electron chi connectivity index (χ4n) is 5.73. The highest BCUT2D eigenvalue weighted by Gasteiger charge is 2.29. The molecule has 0 saturated heterocycles. The number of halogens is 16. The Kier molecular flexibility index (Phi) is 41.1. The molecule has 69 heavy (non-hydrogen) atoms. The van der Waals surface area contributed by atoms with Crippen LogP contribution >= 0.6 is 138 Å². The van der Waals surface area contributed by atoms with Gasteiger partial charge in [0.15, 0.2) is 8.54 Å². The molecule has 0 atom stereocenters. The molecule has 0 amide bonds. The van der Waals surface area contributed by atoms with Crippen molar-refractivity contribution in [2.75, 3.05) is 13.1 Å². The third-order valence-corrected chi connectivity index (χ3v) is 10.2. The Hall–Kier alpha value is 1.19. The van der Waals surface area contributed by atoms with Gasteiger partial charge in [-0.3, -0.25) is 9.98 Å². The van der Waals surface area contributed by atoms with Gasteiger partial charge in [-0.05, 0) is 181 Å². The summed E-state index contributed by atoms with van der Waals surface area (Å²) in [4.78, 5) is 9.49. The Morgan fingerprint density at radius 1 is 0.522 bits per heavy atom. The Bertz CT molecular complexity index is 1950. The lowest BCUT2D eigenvalue weighted by atomic mass is 10.1. The zero-order valence-corrected chi connectivity index (χ0v) is 54.6. The standard InChI is InChI=1S/2C18H30N6.2CHCl4.2CHCl3.2ClH.Mg/c2*1-9-19-16(20-18(6,7)8)17(23-14(4)10-12(2)21-23)24-15(5)11-13(3)22-24;2*2-1(3)5-4;2*2-1(3)4;;;/h2*10-11,17H,9H2,1-8H3,(H,19,20);2*1H;2*1H;2*1H;/q;;2*+1;;;;;/p-2/i;;4*1D;;;. The summed E-state index contributed by atoms with van der Waals surface area (Å²) in [6.45, 7) is 34.6. The SMILES string of the molecule is CCN=C(NC(C)(C)C)C(n1nc(C)cc1C)n1nc(C)cc1C.CCN=C(NC(C)(C)C)C(n1nc(C)cc1C)n1nc(C)cc1C.[2H]C(Cl)(Cl)Cl.[2H]C(Cl)(Cl)Cl.[2H]C(Cl)(Cl)[Cl+]Cl.[2H]C(Cl)(Cl)[Cl+]Cl.[Cl-].[Cl-].[Mg]. The first-order valence-electron chi connectivity index (χ1n) is 21.6. The predicted octanol–water partition coefficient (Wildman–Crippen LogP) is 7.91. The molecule has 0 bridgehead atoms. The van der Waals surface area contributed by atoms with Crippen molar-refractivity contribution in [2.45, 2.75) is 151 Å². The molecule has 4 aromatic heterocycles. The van der Waals surface area contributed by atoms with Crippen LogP contribution in [0.3, 0.4) is 0 Å². The van der Waals surface area contributed by atoms with Crippen LogP contribution in [0.2, 0.25) is 0 Å². The molecule has 398 valence electrons. The Labute approximate surface area is 511 Å². The molecule has 0 aromatic carbocycles. The average molecular weight is 1310 g/mol. The summed E-state index contributed by atoms with van der Waals surface area (Å²) in [6.07, 6.45) is -0.432. The molecule has 0 saturated carbocycles. The number of aryl methyl sites for hydroxylation is 8. The monoisotopic (exact) mass is 1300 g/mol. The van der Waals surface area contributed by atoms with Crippen LogP contribution in [-0.4, -0.2) is 115 Å². The lowest BCUT2D eigenvalue weighted by Gasteiger charge is -2.30. The first-order valence-corrected chi connectivity index (χ1v) is 26.4. The van der Waals surface area contributed by atoms with Crippen LogP contribution in [0.25, 0.3) is 0 Å². The highest BCUT2D eigenvalue weighted by Crippen LogP contribution is 2.21. The third kappa shape index (κ3) is 36.0.